The summed E-state index contributed by atoms with van der Waals surface area (Å²) < 4.78 is 5.33. The molecule has 0 radical (unpaired) electrons. The van der Waals surface area contributed by atoms with Crippen molar-refractivity contribution in [2.24, 2.45) is 5.41 Å². The van der Waals surface area contributed by atoms with Crippen molar-refractivity contribution in [3.63, 3.8) is 0 Å². The number of aliphatic hydroxyl groups excluding tert-OH is 1. The molecule has 36 heavy (non-hydrogen) atoms. The second-order valence-corrected chi connectivity index (χ2v) is 10.1. The van der Waals surface area contributed by atoms with Crippen LogP contribution in [0.4, 0.5) is 0 Å². The number of hydrogen-bond donors (Lipinski definition) is 2. The number of aliphatic hydroxyl groups is 1. The third-order valence-corrected chi connectivity index (χ3v) is 7.80. The summed E-state index contributed by atoms with van der Waals surface area (Å²) in [6.45, 7) is 2.49. The minimum absolute atomic E-state index is 0.314. The number of piperidine rings is 1. The van der Waals surface area contributed by atoms with Crippen molar-refractivity contribution in [3.05, 3.63) is 65.1 Å². The number of aliphatic carboxylic acids is 1. The Labute approximate surface area is 217 Å². The molecule has 3 aromatic rings. The van der Waals surface area contributed by atoms with E-state index in [1.165, 1.54) is 11.8 Å². The van der Waals surface area contributed by atoms with Gasteiger partial charge in [0.05, 0.1) is 29.2 Å². The average molecular weight is 512 g/mol. The number of methoxy groups -OCH3 is 1. The maximum Gasteiger partial charge on any atom is 0.309 e. The molecule has 0 bridgehead atoms. The lowest BCUT2D eigenvalue weighted by Gasteiger charge is -2.39. The quantitative estimate of drug-likeness (QED) is 0.337. The standard InChI is InChI=1S/C28H34ClN3O4/c1-36-21-5-6-24-22(18-21)26(23(29)19-31-24)25(33)7-10-28(27(34)35)11-16-32(17-12-28)15-3-2-4-20-8-13-30-14-9-20/h5-6,8-9,13-14,18-19,25,33H,2-4,7,10-12,15-17H2,1H3,(H,34,35)/t25-/m0/s1. The van der Waals surface area contributed by atoms with E-state index in [1.54, 1.807) is 7.11 Å². The number of likely N-dealkylation sites (tertiary alicyclic amines) is 1. The first-order valence-corrected chi connectivity index (χ1v) is 12.9. The predicted molar refractivity (Wildman–Crippen MR) is 140 cm³/mol. The molecule has 3 heterocycles. The van der Waals surface area contributed by atoms with Gasteiger partial charge in [0.25, 0.3) is 0 Å². The molecular formula is C28H34ClN3O4. The van der Waals surface area contributed by atoms with Crippen LogP contribution in [0.15, 0.2) is 48.9 Å². The highest BCUT2D eigenvalue weighted by Crippen LogP contribution is 2.41. The van der Waals surface area contributed by atoms with E-state index in [-0.39, 0.29) is 0 Å². The Hall–Kier alpha value is -2.74. The van der Waals surface area contributed by atoms with Gasteiger partial charge in [0.2, 0.25) is 0 Å². The highest BCUT2D eigenvalue weighted by molar-refractivity contribution is 6.32. The fourth-order valence-corrected chi connectivity index (χ4v) is 5.46. The Balaban J connectivity index is 1.34. The van der Waals surface area contributed by atoms with Gasteiger partial charge >= 0.3 is 5.97 Å². The van der Waals surface area contributed by atoms with Crippen molar-refractivity contribution < 1.29 is 19.7 Å². The van der Waals surface area contributed by atoms with E-state index in [1.807, 2.05) is 30.6 Å². The van der Waals surface area contributed by atoms with Gasteiger partial charge in [0.15, 0.2) is 0 Å². The molecule has 1 aromatic carbocycles. The van der Waals surface area contributed by atoms with E-state index < -0.39 is 17.5 Å². The van der Waals surface area contributed by atoms with Crippen molar-refractivity contribution in [2.75, 3.05) is 26.7 Å². The molecule has 0 saturated carbocycles. The molecule has 1 saturated heterocycles. The van der Waals surface area contributed by atoms with Gasteiger partial charge < -0.3 is 19.8 Å². The fraction of sp³-hybridized carbons (Fsp3) is 0.464. The SMILES string of the molecule is COc1ccc2ncc(Cl)c([C@@H](O)CCC3(C(=O)O)CCN(CCCCc4ccncc4)CC3)c2c1. The maximum atomic E-state index is 12.4. The number of carboxylic acids is 1. The highest BCUT2D eigenvalue weighted by atomic mass is 35.5. The van der Waals surface area contributed by atoms with Crippen molar-refractivity contribution >= 4 is 28.5 Å². The van der Waals surface area contributed by atoms with Gasteiger partial charge in [0, 0.05) is 29.5 Å². The Morgan fingerprint density at radius 1 is 1.19 bits per heavy atom. The lowest BCUT2D eigenvalue weighted by atomic mass is 9.74. The van der Waals surface area contributed by atoms with Crippen LogP contribution in [0.2, 0.25) is 5.02 Å². The number of carboxylic acid groups (broad SMARTS) is 1. The van der Waals surface area contributed by atoms with Crippen molar-refractivity contribution in [3.8, 4) is 5.75 Å². The van der Waals surface area contributed by atoms with Crippen LogP contribution in [0.5, 0.6) is 5.75 Å². The summed E-state index contributed by atoms with van der Waals surface area (Å²) in [5.74, 6) is -0.130. The summed E-state index contributed by atoms with van der Waals surface area (Å²) >= 11 is 6.44. The molecule has 7 nitrogen and oxygen atoms in total. The number of aryl methyl sites for hydroxylation is 1. The molecule has 0 aliphatic carbocycles. The minimum Gasteiger partial charge on any atom is -0.497 e. The maximum absolute atomic E-state index is 12.4. The van der Waals surface area contributed by atoms with E-state index in [0.717, 1.165) is 44.3 Å². The number of carbonyl (C=O) groups is 1. The number of fused-ring (bicyclic) bond motifs is 1. The van der Waals surface area contributed by atoms with Crippen LogP contribution in [0, 0.1) is 5.41 Å². The number of rotatable bonds is 11. The first-order valence-electron chi connectivity index (χ1n) is 12.6. The van der Waals surface area contributed by atoms with Crippen molar-refractivity contribution in [1.29, 1.82) is 0 Å². The molecular weight excluding hydrogens is 478 g/mol. The number of unbranched alkanes of at least 4 members (excludes halogenated alkanes) is 1. The zero-order valence-corrected chi connectivity index (χ0v) is 21.5. The molecule has 1 aliphatic heterocycles. The number of hydrogen-bond acceptors (Lipinski definition) is 6. The summed E-state index contributed by atoms with van der Waals surface area (Å²) in [6, 6.07) is 9.55. The topological polar surface area (TPSA) is 95.8 Å². The lowest BCUT2D eigenvalue weighted by Crippen LogP contribution is -2.44. The Kier molecular flexibility index (Phi) is 8.77. The van der Waals surface area contributed by atoms with E-state index in [2.05, 4.69) is 27.0 Å². The van der Waals surface area contributed by atoms with Crippen LogP contribution < -0.4 is 4.74 Å². The van der Waals surface area contributed by atoms with Crippen molar-refractivity contribution in [2.45, 2.75) is 51.0 Å². The molecule has 0 spiro atoms. The van der Waals surface area contributed by atoms with E-state index >= 15 is 0 Å². The number of nitrogens with zero attached hydrogens (tertiary/aromatic N) is 3. The Bertz CT molecular complexity index is 1170. The monoisotopic (exact) mass is 511 g/mol. The van der Waals surface area contributed by atoms with Gasteiger partial charge in [-0.3, -0.25) is 14.8 Å². The predicted octanol–water partition coefficient (Wildman–Crippen LogP) is 5.30. The second-order valence-electron chi connectivity index (χ2n) is 9.70. The molecule has 0 amide bonds. The summed E-state index contributed by atoms with van der Waals surface area (Å²) in [5, 5.41) is 22.3. The molecule has 0 unspecified atom stereocenters. The van der Waals surface area contributed by atoms with Gasteiger partial charge in [-0.2, -0.15) is 0 Å². The van der Waals surface area contributed by atoms with Gasteiger partial charge in [-0.1, -0.05) is 11.6 Å². The molecule has 1 aliphatic rings. The normalized spacial score (nSPS) is 16.6. The second kappa shape index (κ2) is 12.0. The molecule has 192 valence electrons. The van der Waals surface area contributed by atoms with E-state index in [0.29, 0.717) is 47.5 Å². The first kappa shape index (κ1) is 26.3. The summed E-state index contributed by atoms with van der Waals surface area (Å²) in [4.78, 5) is 23.1. The number of halogens is 1. The van der Waals surface area contributed by atoms with E-state index in [9.17, 15) is 15.0 Å². The van der Waals surface area contributed by atoms with Crippen LogP contribution in [-0.2, 0) is 11.2 Å². The molecule has 1 fully saturated rings. The zero-order chi connectivity index (χ0) is 25.5. The molecule has 2 aromatic heterocycles. The molecule has 8 heteroatoms. The zero-order valence-electron chi connectivity index (χ0n) is 20.7. The van der Waals surface area contributed by atoms with Crippen molar-refractivity contribution in [1.82, 2.24) is 14.9 Å². The summed E-state index contributed by atoms with van der Waals surface area (Å²) in [7, 11) is 1.58. The first-order chi connectivity index (χ1) is 17.4. The molecule has 2 N–H and O–H groups in total. The number of pyridine rings is 2. The van der Waals surface area contributed by atoms with Gasteiger partial charge in [-0.25, -0.2) is 0 Å². The Morgan fingerprint density at radius 2 is 1.94 bits per heavy atom. The Morgan fingerprint density at radius 3 is 2.64 bits per heavy atom. The third-order valence-electron chi connectivity index (χ3n) is 7.50. The largest absolute Gasteiger partial charge is 0.497 e. The highest BCUT2D eigenvalue weighted by Gasteiger charge is 2.41. The van der Waals surface area contributed by atoms with Crippen LogP contribution in [0.1, 0.15) is 55.8 Å². The van der Waals surface area contributed by atoms with Gasteiger partial charge in [0.1, 0.15) is 5.75 Å². The third kappa shape index (κ3) is 6.14. The minimum atomic E-state index is -0.891. The lowest BCUT2D eigenvalue weighted by molar-refractivity contribution is -0.153. The molecule has 4 rings (SSSR count). The number of aromatic nitrogens is 2. The smallest absolute Gasteiger partial charge is 0.309 e. The average Bonchev–Trinajstić information content (AvgIpc) is 2.90. The number of ether oxygens (including phenoxy) is 1. The van der Waals surface area contributed by atoms with Crippen LogP contribution >= 0.6 is 11.6 Å². The van der Waals surface area contributed by atoms with Crippen LogP contribution in [0.25, 0.3) is 10.9 Å². The summed E-state index contributed by atoms with van der Waals surface area (Å²) in [6.07, 6.45) is 9.38. The van der Waals surface area contributed by atoms with Crippen LogP contribution in [-0.4, -0.2) is 57.8 Å². The van der Waals surface area contributed by atoms with E-state index in [4.69, 9.17) is 16.3 Å². The fourth-order valence-electron chi connectivity index (χ4n) is 5.18. The number of benzene rings is 1. The summed E-state index contributed by atoms with van der Waals surface area (Å²) in [5.41, 5.74) is 1.75. The molecule has 1 atom stereocenters. The van der Waals surface area contributed by atoms with Gasteiger partial charge in [-0.15, -0.1) is 0 Å². The van der Waals surface area contributed by atoms with Gasteiger partial charge in [-0.05, 0) is 100 Å². The van der Waals surface area contributed by atoms with Crippen LogP contribution in [0.3, 0.4) is 0 Å².